The minimum Gasteiger partial charge on any atom is -0.451 e. The molecule has 0 aliphatic heterocycles. The zero-order valence-electron chi connectivity index (χ0n) is 12.5. The van der Waals surface area contributed by atoms with Crippen LogP contribution in [0, 0.1) is 5.82 Å². The van der Waals surface area contributed by atoms with Gasteiger partial charge in [0.1, 0.15) is 10.7 Å². The predicted molar refractivity (Wildman–Crippen MR) is 97.2 cm³/mol. The fourth-order valence-electron chi connectivity index (χ4n) is 2.12. The van der Waals surface area contributed by atoms with Crippen LogP contribution < -0.4 is 5.32 Å². The summed E-state index contributed by atoms with van der Waals surface area (Å²) in [6.07, 6.45) is 0. The normalized spacial score (nSPS) is 10.7. The maximum absolute atomic E-state index is 13.6. The zero-order chi connectivity index (χ0) is 18.0. The molecule has 0 saturated carbocycles. The van der Waals surface area contributed by atoms with Crippen LogP contribution >= 0.6 is 34.5 Å². The quantitative estimate of drug-likeness (QED) is 0.619. The number of hydrogen-bond donors (Lipinski definition) is 1. The molecule has 0 radical (unpaired) electrons. The smallest absolute Gasteiger partial charge is 0.350 e. The number of esters is 1. The van der Waals surface area contributed by atoms with Crippen molar-refractivity contribution in [2.24, 2.45) is 0 Å². The minimum atomic E-state index is -0.710. The van der Waals surface area contributed by atoms with E-state index in [0.29, 0.717) is 0 Å². The highest BCUT2D eigenvalue weighted by Gasteiger charge is 2.19. The average molecular weight is 398 g/mol. The van der Waals surface area contributed by atoms with Gasteiger partial charge >= 0.3 is 5.97 Å². The summed E-state index contributed by atoms with van der Waals surface area (Å²) < 4.78 is 19.4. The first kappa shape index (κ1) is 17.7. The van der Waals surface area contributed by atoms with Gasteiger partial charge in [-0.25, -0.2) is 9.18 Å². The monoisotopic (exact) mass is 397 g/mol. The molecular weight excluding hydrogens is 388 g/mol. The summed E-state index contributed by atoms with van der Waals surface area (Å²) >= 11 is 13.0. The van der Waals surface area contributed by atoms with Gasteiger partial charge in [-0.05, 0) is 24.3 Å². The number of anilines is 1. The Labute approximate surface area is 156 Å². The van der Waals surface area contributed by atoms with Crippen molar-refractivity contribution < 1.29 is 18.7 Å². The van der Waals surface area contributed by atoms with Crippen LogP contribution in [0.3, 0.4) is 0 Å². The van der Waals surface area contributed by atoms with Gasteiger partial charge in [-0.1, -0.05) is 41.4 Å². The summed E-state index contributed by atoms with van der Waals surface area (Å²) in [5.74, 6) is -2.07. The largest absolute Gasteiger partial charge is 0.451 e. The van der Waals surface area contributed by atoms with Gasteiger partial charge in [0, 0.05) is 15.1 Å². The Bertz CT molecular complexity index is 974. The first-order chi connectivity index (χ1) is 12.0. The Morgan fingerprint density at radius 2 is 1.92 bits per heavy atom. The van der Waals surface area contributed by atoms with Crippen LogP contribution in [0.15, 0.2) is 42.5 Å². The van der Waals surface area contributed by atoms with Crippen molar-refractivity contribution in [1.29, 1.82) is 0 Å². The highest BCUT2D eigenvalue weighted by atomic mass is 35.5. The van der Waals surface area contributed by atoms with Crippen LogP contribution in [0.2, 0.25) is 10.0 Å². The molecule has 0 bridgehead atoms. The molecule has 1 amide bonds. The van der Waals surface area contributed by atoms with Crippen molar-refractivity contribution in [2.45, 2.75) is 0 Å². The van der Waals surface area contributed by atoms with Crippen LogP contribution in [0.1, 0.15) is 9.67 Å². The van der Waals surface area contributed by atoms with E-state index < -0.39 is 24.3 Å². The molecule has 1 aromatic heterocycles. The number of rotatable bonds is 4. The van der Waals surface area contributed by atoms with Crippen molar-refractivity contribution in [3.8, 4) is 0 Å². The van der Waals surface area contributed by atoms with E-state index in [1.54, 1.807) is 6.07 Å². The number of carbonyl (C=O) groups is 2. The van der Waals surface area contributed by atoms with E-state index in [1.165, 1.54) is 23.5 Å². The number of benzene rings is 2. The van der Waals surface area contributed by atoms with E-state index in [2.05, 4.69) is 5.32 Å². The van der Waals surface area contributed by atoms with Crippen LogP contribution in [0.25, 0.3) is 10.1 Å². The fourth-order valence-corrected chi connectivity index (χ4v) is 3.68. The summed E-state index contributed by atoms with van der Waals surface area (Å²) in [7, 11) is 0. The maximum atomic E-state index is 13.6. The summed E-state index contributed by atoms with van der Waals surface area (Å²) in [4.78, 5) is 24.2. The number of halogens is 3. The minimum absolute atomic E-state index is 0.0506. The Morgan fingerprint density at radius 1 is 1.16 bits per heavy atom. The molecule has 0 fully saturated rings. The Hall–Kier alpha value is -2.15. The lowest BCUT2D eigenvalue weighted by atomic mass is 10.2. The van der Waals surface area contributed by atoms with Gasteiger partial charge in [0.15, 0.2) is 6.61 Å². The molecular formula is C17H10Cl2FNO3S. The highest BCUT2D eigenvalue weighted by molar-refractivity contribution is 7.21. The lowest BCUT2D eigenvalue weighted by Crippen LogP contribution is -2.21. The second-order valence-corrected chi connectivity index (χ2v) is 6.86. The van der Waals surface area contributed by atoms with Gasteiger partial charge in [-0.15, -0.1) is 11.3 Å². The van der Waals surface area contributed by atoms with Crippen molar-refractivity contribution in [1.82, 2.24) is 0 Å². The predicted octanol–water partition coefficient (Wildman–Crippen LogP) is 5.14. The number of hydrogen-bond acceptors (Lipinski definition) is 4. The first-order valence-corrected chi connectivity index (χ1v) is 8.62. The van der Waals surface area contributed by atoms with Crippen molar-refractivity contribution in [2.75, 3.05) is 11.9 Å². The first-order valence-electron chi connectivity index (χ1n) is 7.05. The summed E-state index contributed by atoms with van der Waals surface area (Å²) in [6, 6.07) is 11.1. The molecule has 3 aromatic rings. The van der Waals surface area contributed by atoms with Crippen LogP contribution in [0.4, 0.5) is 10.1 Å². The van der Waals surface area contributed by atoms with E-state index >= 15 is 0 Å². The van der Waals surface area contributed by atoms with E-state index in [4.69, 9.17) is 27.9 Å². The van der Waals surface area contributed by atoms with Gasteiger partial charge in [0.05, 0.1) is 10.7 Å². The maximum Gasteiger partial charge on any atom is 0.350 e. The third-order valence-electron chi connectivity index (χ3n) is 3.26. The van der Waals surface area contributed by atoms with Gasteiger partial charge < -0.3 is 10.1 Å². The number of carbonyl (C=O) groups excluding carboxylic acids is 2. The molecule has 0 aliphatic rings. The van der Waals surface area contributed by atoms with Crippen LogP contribution in [0.5, 0.6) is 0 Å². The van der Waals surface area contributed by atoms with Crippen LogP contribution in [-0.2, 0) is 9.53 Å². The van der Waals surface area contributed by atoms with Crippen molar-refractivity contribution in [3.63, 3.8) is 0 Å². The van der Waals surface area contributed by atoms with E-state index in [1.807, 2.05) is 18.2 Å². The standard InChI is InChI=1S/C17H10Cl2FNO3S/c18-9-5-6-12(11(20)7-9)21-14(22)8-24-17(23)16-15(19)10-3-1-2-4-13(10)25-16/h1-7H,8H2,(H,21,22). The number of thiophene rings is 1. The van der Waals surface area contributed by atoms with Gasteiger partial charge in [-0.2, -0.15) is 0 Å². The van der Waals surface area contributed by atoms with Crippen LogP contribution in [-0.4, -0.2) is 18.5 Å². The number of amides is 1. The second kappa shape index (κ2) is 7.39. The Kier molecular flexibility index (Phi) is 5.22. The number of ether oxygens (including phenoxy) is 1. The number of nitrogens with one attached hydrogen (secondary N) is 1. The molecule has 2 aromatic carbocycles. The van der Waals surface area contributed by atoms with Gasteiger partial charge in [0.25, 0.3) is 5.91 Å². The SMILES string of the molecule is O=C(COC(=O)c1sc2ccccc2c1Cl)Nc1ccc(Cl)cc1F. The molecule has 0 atom stereocenters. The third-order valence-corrected chi connectivity index (χ3v) is 5.15. The van der Waals surface area contributed by atoms with Crippen molar-refractivity contribution >= 4 is 62.2 Å². The third kappa shape index (κ3) is 3.92. The lowest BCUT2D eigenvalue weighted by molar-refractivity contribution is -0.119. The lowest BCUT2D eigenvalue weighted by Gasteiger charge is -2.07. The molecule has 8 heteroatoms. The Morgan fingerprint density at radius 3 is 2.64 bits per heavy atom. The molecule has 0 spiro atoms. The second-order valence-electron chi connectivity index (χ2n) is 4.99. The summed E-state index contributed by atoms with van der Waals surface area (Å²) in [6.45, 7) is -0.564. The summed E-state index contributed by atoms with van der Waals surface area (Å²) in [5, 5.41) is 3.55. The zero-order valence-corrected chi connectivity index (χ0v) is 14.8. The molecule has 0 unspecified atom stereocenters. The van der Waals surface area contributed by atoms with E-state index in [9.17, 15) is 14.0 Å². The van der Waals surface area contributed by atoms with Gasteiger partial charge in [0.2, 0.25) is 0 Å². The number of fused-ring (bicyclic) bond motifs is 1. The van der Waals surface area contributed by atoms with Crippen molar-refractivity contribution in [3.05, 3.63) is 63.2 Å². The van der Waals surface area contributed by atoms with E-state index in [0.717, 1.165) is 16.2 Å². The molecule has 0 saturated heterocycles. The average Bonchev–Trinajstić information content (AvgIpc) is 2.93. The molecule has 1 heterocycles. The molecule has 3 rings (SSSR count). The summed E-state index contributed by atoms with van der Waals surface area (Å²) in [5.41, 5.74) is -0.0506. The molecule has 4 nitrogen and oxygen atoms in total. The fraction of sp³-hybridized carbons (Fsp3) is 0.0588. The highest BCUT2D eigenvalue weighted by Crippen LogP contribution is 2.35. The topological polar surface area (TPSA) is 55.4 Å². The van der Waals surface area contributed by atoms with Gasteiger partial charge in [-0.3, -0.25) is 4.79 Å². The Balaban J connectivity index is 1.65. The molecule has 128 valence electrons. The molecule has 1 N–H and O–H groups in total. The molecule has 0 aliphatic carbocycles. The molecule has 25 heavy (non-hydrogen) atoms. The van der Waals surface area contributed by atoms with E-state index in [-0.39, 0.29) is 20.6 Å².